The number of aromatic amines is 2. The quantitative estimate of drug-likeness (QED) is 0.241. The summed E-state index contributed by atoms with van der Waals surface area (Å²) in [4.78, 5) is 19.9. The van der Waals surface area contributed by atoms with Crippen LogP contribution in [-0.4, -0.2) is 61.9 Å². The Morgan fingerprint density at radius 3 is 2.30 bits per heavy atom. The van der Waals surface area contributed by atoms with Crippen molar-refractivity contribution in [2.24, 2.45) is 0 Å². The Labute approximate surface area is 234 Å². The largest absolute Gasteiger partial charge is 0.459 e. The predicted molar refractivity (Wildman–Crippen MR) is 152 cm³/mol. The van der Waals surface area contributed by atoms with Crippen LogP contribution in [0.25, 0.3) is 44.4 Å². The molecule has 4 N–H and O–H groups in total. The Morgan fingerprint density at radius 1 is 1.00 bits per heavy atom. The molecule has 10 heteroatoms. The molecular formula is C30H27ClN4O5. The molecule has 1 fully saturated rings. The zero-order chi connectivity index (χ0) is 27.8. The van der Waals surface area contributed by atoms with E-state index in [4.69, 9.17) is 21.1 Å². The minimum absolute atomic E-state index is 0.217. The van der Waals surface area contributed by atoms with Gasteiger partial charge in [0, 0.05) is 12.0 Å². The Balaban J connectivity index is 1.20. The van der Waals surface area contributed by atoms with Gasteiger partial charge < -0.3 is 24.7 Å². The van der Waals surface area contributed by atoms with Gasteiger partial charge in [-0.25, -0.2) is 5.10 Å². The normalized spacial score (nSPS) is 19.1. The first-order valence-electron chi connectivity index (χ1n) is 12.9. The number of fused-ring (bicyclic) bond motifs is 1. The van der Waals surface area contributed by atoms with E-state index in [-0.39, 0.29) is 24.9 Å². The van der Waals surface area contributed by atoms with Crippen molar-refractivity contribution in [2.45, 2.75) is 31.7 Å². The number of aliphatic hydroxyl groups excluding tert-OH is 2. The first-order chi connectivity index (χ1) is 19.4. The predicted octanol–water partition coefficient (Wildman–Crippen LogP) is 4.50. The Bertz CT molecular complexity index is 1720. The number of rotatable bonds is 6. The topological polar surface area (TPSA) is 133 Å². The third-order valence-electron chi connectivity index (χ3n) is 7.09. The van der Waals surface area contributed by atoms with E-state index < -0.39 is 12.2 Å². The van der Waals surface area contributed by atoms with Crippen LogP contribution in [0.15, 0.2) is 71.5 Å². The number of aliphatic hydroxyl groups is 2. The molecule has 0 spiro atoms. The van der Waals surface area contributed by atoms with Crippen LogP contribution in [0.1, 0.15) is 12.1 Å². The van der Waals surface area contributed by atoms with Gasteiger partial charge in [-0.3, -0.25) is 4.79 Å². The molecule has 1 aliphatic rings. The lowest BCUT2D eigenvalue weighted by molar-refractivity contribution is -0.131. The Kier molecular flexibility index (Phi) is 7.12. The van der Waals surface area contributed by atoms with Gasteiger partial charge in [0.15, 0.2) is 0 Å². The minimum Gasteiger partial charge on any atom is -0.459 e. The van der Waals surface area contributed by atoms with Gasteiger partial charge in [-0.15, -0.1) is 0 Å². The van der Waals surface area contributed by atoms with Crippen LogP contribution >= 0.6 is 11.6 Å². The summed E-state index contributed by atoms with van der Waals surface area (Å²) in [5.41, 5.74) is 7.21. The average molecular weight is 559 g/mol. The highest BCUT2D eigenvalue weighted by Crippen LogP contribution is 2.34. The van der Waals surface area contributed by atoms with E-state index >= 15 is 0 Å². The summed E-state index contributed by atoms with van der Waals surface area (Å²) in [7, 11) is 0. The van der Waals surface area contributed by atoms with Gasteiger partial charge in [0.1, 0.15) is 12.2 Å². The molecule has 0 radical (unpaired) electrons. The van der Waals surface area contributed by atoms with E-state index in [0.29, 0.717) is 28.5 Å². The molecule has 3 atom stereocenters. The van der Waals surface area contributed by atoms with Crippen LogP contribution in [0.2, 0.25) is 5.02 Å². The molecule has 1 aliphatic heterocycles. The van der Waals surface area contributed by atoms with E-state index in [2.05, 4.69) is 20.2 Å². The minimum atomic E-state index is -0.801. The maximum absolute atomic E-state index is 12.2. The second kappa shape index (κ2) is 10.9. The molecule has 3 heterocycles. The standard InChI is InChI=1S/C30H27ClN4O5/c1-16-10-23(29(38)35-34-16)20-8-4-18(5-9-20)17-2-6-19(7-3-17)22-12-25-26(13-24(22)31)33-30(32-25)40-21-11-27(37)28(14-36)39-15-21/h2-10,12-13,21,27-28,36-37H,11,14-15H2,1H3,(H,32,33)(H,35,38)/t21-,27+,28-/m1/s1. The van der Waals surface area contributed by atoms with Crippen LogP contribution in [0, 0.1) is 6.92 Å². The maximum atomic E-state index is 12.2. The molecule has 3 aromatic carbocycles. The van der Waals surface area contributed by atoms with Gasteiger partial charge in [-0.1, -0.05) is 60.1 Å². The molecule has 1 saturated heterocycles. The van der Waals surface area contributed by atoms with Gasteiger partial charge >= 0.3 is 0 Å². The fourth-order valence-corrected chi connectivity index (χ4v) is 5.21. The number of benzene rings is 3. The molecule has 0 unspecified atom stereocenters. The number of hydrogen-bond donors (Lipinski definition) is 4. The van der Waals surface area contributed by atoms with Gasteiger partial charge in [-0.05, 0) is 47.4 Å². The van der Waals surface area contributed by atoms with Crippen molar-refractivity contribution in [1.82, 2.24) is 20.2 Å². The molecule has 0 amide bonds. The SMILES string of the molecule is Cc1cc(-c2ccc(-c3ccc(-c4cc5nc(O[C@H]6CO[C@H](CO)[C@@H](O)C6)[nH]c5cc4Cl)cc3)cc2)c(=O)[nH]n1. The highest BCUT2D eigenvalue weighted by atomic mass is 35.5. The smallest absolute Gasteiger partial charge is 0.294 e. The third-order valence-corrected chi connectivity index (χ3v) is 7.41. The monoisotopic (exact) mass is 558 g/mol. The molecule has 0 aliphatic carbocycles. The van der Waals surface area contributed by atoms with Crippen LogP contribution < -0.4 is 10.3 Å². The summed E-state index contributed by atoms with van der Waals surface area (Å²) in [6.45, 7) is 1.86. The molecular weight excluding hydrogens is 532 g/mol. The summed E-state index contributed by atoms with van der Waals surface area (Å²) in [5.74, 6) is 0. The number of H-pyrrole nitrogens is 2. The van der Waals surface area contributed by atoms with E-state index in [1.54, 1.807) is 6.07 Å². The Hall–Kier alpha value is -4.02. The zero-order valence-electron chi connectivity index (χ0n) is 21.6. The fourth-order valence-electron chi connectivity index (χ4n) is 4.93. The van der Waals surface area contributed by atoms with Crippen molar-refractivity contribution >= 4 is 22.6 Å². The highest BCUT2D eigenvalue weighted by Gasteiger charge is 2.31. The number of ether oxygens (including phenoxy) is 2. The number of aromatic nitrogens is 4. The molecule has 5 aromatic rings. The molecule has 204 valence electrons. The lowest BCUT2D eigenvalue weighted by Gasteiger charge is -2.31. The molecule has 9 nitrogen and oxygen atoms in total. The maximum Gasteiger partial charge on any atom is 0.294 e. The summed E-state index contributed by atoms with van der Waals surface area (Å²) in [6.07, 6.45) is -1.44. The van der Waals surface area contributed by atoms with Crippen molar-refractivity contribution in [3.05, 3.63) is 87.8 Å². The number of halogens is 1. The van der Waals surface area contributed by atoms with E-state index in [0.717, 1.165) is 39.0 Å². The first-order valence-corrected chi connectivity index (χ1v) is 13.3. The van der Waals surface area contributed by atoms with Crippen molar-refractivity contribution in [1.29, 1.82) is 0 Å². The zero-order valence-corrected chi connectivity index (χ0v) is 22.4. The highest BCUT2D eigenvalue weighted by molar-refractivity contribution is 6.34. The van der Waals surface area contributed by atoms with E-state index in [1.807, 2.05) is 67.6 Å². The molecule has 6 rings (SSSR count). The van der Waals surface area contributed by atoms with Crippen LogP contribution in [0.5, 0.6) is 6.01 Å². The number of imidazole rings is 1. The van der Waals surface area contributed by atoms with E-state index in [9.17, 15) is 15.0 Å². The fraction of sp³-hybridized carbons (Fsp3) is 0.233. The van der Waals surface area contributed by atoms with Gasteiger partial charge in [0.05, 0.1) is 46.6 Å². The molecule has 40 heavy (non-hydrogen) atoms. The van der Waals surface area contributed by atoms with Crippen molar-refractivity contribution in [2.75, 3.05) is 13.2 Å². The first kappa shape index (κ1) is 26.2. The van der Waals surface area contributed by atoms with Gasteiger partial charge in [-0.2, -0.15) is 10.1 Å². The average Bonchev–Trinajstić information content (AvgIpc) is 3.35. The van der Waals surface area contributed by atoms with E-state index in [1.165, 1.54) is 0 Å². The summed E-state index contributed by atoms with van der Waals surface area (Å²) >= 11 is 6.65. The lowest BCUT2D eigenvalue weighted by atomic mass is 9.98. The van der Waals surface area contributed by atoms with Crippen molar-refractivity contribution < 1.29 is 19.7 Å². The van der Waals surface area contributed by atoms with Crippen LogP contribution in [-0.2, 0) is 4.74 Å². The summed E-state index contributed by atoms with van der Waals surface area (Å²) < 4.78 is 11.4. The van der Waals surface area contributed by atoms with Gasteiger partial charge in [0.25, 0.3) is 11.6 Å². The number of aryl methyl sites for hydroxylation is 1. The number of nitrogens with zero attached hydrogens (tertiary/aromatic N) is 2. The molecule has 0 bridgehead atoms. The Morgan fingerprint density at radius 2 is 1.65 bits per heavy atom. The van der Waals surface area contributed by atoms with Crippen molar-refractivity contribution in [3.63, 3.8) is 0 Å². The summed E-state index contributed by atoms with van der Waals surface area (Å²) in [6, 6.07) is 21.7. The second-order valence-corrected chi connectivity index (χ2v) is 10.3. The number of hydrogen-bond acceptors (Lipinski definition) is 7. The van der Waals surface area contributed by atoms with Crippen LogP contribution in [0.3, 0.4) is 0 Å². The van der Waals surface area contributed by atoms with Crippen LogP contribution in [0.4, 0.5) is 0 Å². The van der Waals surface area contributed by atoms with Crippen molar-refractivity contribution in [3.8, 4) is 39.4 Å². The summed E-state index contributed by atoms with van der Waals surface area (Å²) in [5, 5.41) is 26.4. The third kappa shape index (κ3) is 5.24. The molecule has 2 aromatic heterocycles. The second-order valence-electron chi connectivity index (χ2n) is 9.90. The molecule has 0 saturated carbocycles. The lowest BCUT2D eigenvalue weighted by Crippen LogP contribution is -2.45. The number of nitrogens with one attached hydrogen (secondary N) is 2. The van der Waals surface area contributed by atoms with Gasteiger partial charge in [0.2, 0.25) is 0 Å².